The van der Waals surface area contributed by atoms with E-state index in [0.29, 0.717) is 0 Å². The summed E-state index contributed by atoms with van der Waals surface area (Å²) in [7, 11) is 0. The molecule has 25 heavy (non-hydrogen) atoms. The van der Waals surface area contributed by atoms with Gasteiger partial charge in [0.2, 0.25) is 0 Å². The summed E-state index contributed by atoms with van der Waals surface area (Å²) in [6, 6.07) is -0.701. The highest BCUT2D eigenvalue weighted by Gasteiger charge is 2.28. The van der Waals surface area contributed by atoms with Crippen molar-refractivity contribution in [3.8, 4) is 0 Å². The Labute approximate surface area is 150 Å². The molecule has 0 radical (unpaired) electrons. The minimum Gasteiger partial charge on any atom is -0.463 e. The Morgan fingerprint density at radius 3 is 1.40 bits per heavy atom. The van der Waals surface area contributed by atoms with Gasteiger partial charge < -0.3 is 19.5 Å². The Balaban J connectivity index is 4.84. The molecule has 7 heteroatoms. The fourth-order valence-corrected chi connectivity index (χ4v) is 1.39. The zero-order chi connectivity index (χ0) is 20.1. The first kappa shape index (κ1) is 23.2. The van der Waals surface area contributed by atoms with Crippen LogP contribution >= 0.6 is 0 Å². The van der Waals surface area contributed by atoms with Crippen molar-refractivity contribution in [1.82, 2.24) is 5.32 Å². The van der Waals surface area contributed by atoms with E-state index in [2.05, 4.69) is 5.32 Å². The predicted octanol–water partition coefficient (Wildman–Crippen LogP) is 3.06. The van der Waals surface area contributed by atoms with Crippen molar-refractivity contribution in [2.75, 3.05) is 13.2 Å². The summed E-state index contributed by atoms with van der Waals surface area (Å²) in [4.78, 5) is 35.8. The molecule has 7 nitrogen and oxygen atoms in total. The second kappa shape index (κ2) is 8.54. The number of esters is 2. The molecule has 0 unspecified atom stereocenters. The van der Waals surface area contributed by atoms with Gasteiger partial charge in [-0.2, -0.15) is 0 Å². The molecule has 0 aliphatic carbocycles. The number of hydrogen-bond acceptors (Lipinski definition) is 6. The zero-order valence-electron chi connectivity index (χ0n) is 16.9. The van der Waals surface area contributed by atoms with Gasteiger partial charge in [-0.25, -0.2) is 4.79 Å². The summed E-state index contributed by atoms with van der Waals surface area (Å²) in [5.41, 5.74) is -2.00. The lowest BCUT2D eigenvalue weighted by Crippen LogP contribution is -2.45. The van der Waals surface area contributed by atoms with Gasteiger partial charge in [-0.3, -0.25) is 9.59 Å². The summed E-state index contributed by atoms with van der Waals surface area (Å²) in [6.07, 6.45) is -0.670. The molecule has 0 aromatic carbocycles. The van der Waals surface area contributed by atoms with E-state index in [4.69, 9.17) is 14.2 Å². The number of carbonyl (C=O) groups excluding carboxylic acids is 3. The maximum Gasteiger partial charge on any atom is 0.408 e. The normalized spacial score (nSPS) is 12.6. The molecule has 0 spiro atoms. The van der Waals surface area contributed by atoms with Crippen LogP contribution in [-0.4, -0.2) is 42.9 Å². The minimum absolute atomic E-state index is 0.118. The smallest absolute Gasteiger partial charge is 0.408 e. The van der Waals surface area contributed by atoms with Gasteiger partial charge in [-0.15, -0.1) is 0 Å². The van der Waals surface area contributed by atoms with Crippen molar-refractivity contribution in [2.24, 2.45) is 10.8 Å². The van der Waals surface area contributed by atoms with Crippen LogP contribution in [0.4, 0.5) is 4.79 Å². The van der Waals surface area contributed by atoms with Crippen LogP contribution in [0.3, 0.4) is 0 Å². The zero-order valence-corrected chi connectivity index (χ0v) is 16.9. The lowest BCUT2D eigenvalue weighted by atomic mass is 9.97. The van der Waals surface area contributed by atoms with Gasteiger partial charge in [0.05, 0.1) is 10.8 Å². The molecule has 0 rings (SSSR count). The van der Waals surface area contributed by atoms with Gasteiger partial charge in [0, 0.05) is 0 Å². The number of hydrogen-bond donors (Lipinski definition) is 1. The van der Waals surface area contributed by atoms with Crippen LogP contribution < -0.4 is 5.32 Å². The number of amides is 1. The number of ether oxygens (including phenoxy) is 3. The van der Waals surface area contributed by atoms with Crippen LogP contribution in [-0.2, 0) is 23.8 Å². The van der Waals surface area contributed by atoms with Crippen LogP contribution in [0.2, 0.25) is 0 Å². The first-order chi connectivity index (χ1) is 11.0. The van der Waals surface area contributed by atoms with Crippen LogP contribution in [0.25, 0.3) is 0 Å². The average molecular weight is 359 g/mol. The van der Waals surface area contributed by atoms with Crippen molar-refractivity contribution in [3.05, 3.63) is 0 Å². The molecular weight excluding hydrogens is 326 g/mol. The van der Waals surface area contributed by atoms with Crippen molar-refractivity contribution >= 4 is 18.0 Å². The van der Waals surface area contributed by atoms with Crippen molar-refractivity contribution in [3.63, 3.8) is 0 Å². The van der Waals surface area contributed by atoms with Gasteiger partial charge >= 0.3 is 18.0 Å². The molecule has 0 bridgehead atoms. The second-order valence-corrected chi connectivity index (χ2v) is 9.04. The Morgan fingerprint density at radius 1 is 0.760 bits per heavy atom. The van der Waals surface area contributed by atoms with E-state index in [1.807, 2.05) is 0 Å². The molecule has 0 saturated carbocycles. The van der Waals surface area contributed by atoms with E-state index >= 15 is 0 Å². The van der Waals surface area contributed by atoms with Crippen molar-refractivity contribution in [1.29, 1.82) is 0 Å². The molecule has 1 N–H and O–H groups in total. The molecule has 0 aliphatic heterocycles. The van der Waals surface area contributed by atoms with Gasteiger partial charge in [-0.1, -0.05) is 0 Å². The SMILES string of the molecule is CC(C)(C)OC(=O)NC(COC(=O)C(C)(C)C)COC(=O)C(C)(C)C. The van der Waals surface area contributed by atoms with Crippen LogP contribution in [0.1, 0.15) is 62.3 Å². The van der Waals surface area contributed by atoms with E-state index in [9.17, 15) is 14.4 Å². The topological polar surface area (TPSA) is 90.9 Å². The lowest BCUT2D eigenvalue weighted by Gasteiger charge is -2.25. The largest absolute Gasteiger partial charge is 0.463 e. The molecule has 0 aliphatic rings. The highest BCUT2D eigenvalue weighted by atomic mass is 16.6. The van der Waals surface area contributed by atoms with Crippen LogP contribution in [0.15, 0.2) is 0 Å². The van der Waals surface area contributed by atoms with Crippen LogP contribution in [0, 0.1) is 10.8 Å². The summed E-state index contributed by atoms with van der Waals surface area (Å²) in [6.45, 7) is 15.3. The molecule has 0 fully saturated rings. The molecule has 0 aromatic heterocycles. The standard InChI is InChI=1S/C18H33NO6/c1-16(2,3)13(20)23-10-12(11-24-14(21)17(4,5)6)19-15(22)25-18(7,8)9/h12H,10-11H2,1-9H3,(H,19,22). The molecular formula is C18H33NO6. The first-order valence-corrected chi connectivity index (χ1v) is 8.36. The van der Waals surface area contributed by atoms with Gasteiger partial charge in [0.15, 0.2) is 0 Å². The van der Waals surface area contributed by atoms with Gasteiger partial charge in [0.25, 0.3) is 0 Å². The van der Waals surface area contributed by atoms with Crippen LogP contribution in [0.5, 0.6) is 0 Å². The number of rotatable bonds is 5. The van der Waals surface area contributed by atoms with Crippen molar-refractivity contribution in [2.45, 2.75) is 74.0 Å². The quantitative estimate of drug-likeness (QED) is 0.599. The Morgan fingerprint density at radius 2 is 1.12 bits per heavy atom. The maximum atomic E-state index is 11.9. The lowest BCUT2D eigenvalue weighted by molar-refractivity contribution is -0.157. The maximum absolute atomic E-state index is 11.9. The number of carbonyl (C=O) groups is 3. The first-order valence-electron chi connectivity index (χ1n) is 8.36. The Hall–Kier alpha value is -1.79. The molecule has 0 aromatic rings. The number of alkyl carbamates (subject to hydrolysis) is 1. The summed E-state index contributed by atoms with van der Waals surface area (Å²) in [5, 5.41) is 2.57. The third kappa shape index (κ3) is 10.6. The number of nitrogens with one attached hydrogen (secondary N) is 1. The average Bonchev–Trinajstić information content (AvgIpc) is 2.36. The van der Waals surface area contributed by atoms with Crippen molar-refractivity contribution < 1.29 is 28.6 Å². The van der Waals surface area contributed by atoms with E-state index in [1.165, 1.54) is 0 Å². The highest BCUT2D eigenvalue weighted by molar-refractivity contribution is 5.76. The fourth-order valence-electron chi connectivity index (χ4n) is 1.39. The van der Waals surface area contributed by atoms with E-state index in [0.717, 1.165) is 0 Å². The van der Waals surface area contributed by atoms with E-state index in [1.54, 1.807) is 62.3 Å². The third-order valence-corrected chi connectivity index (χ3v) is 2.78. The minimum atomic E-state index is -0.701. The van der Waals surface area contributed by atoms with E-state index < -0.39 is 40.5 Å². The monoisotopic (exact) mass is 359 g/mol. The third-order valence-electron chi connectivity index (χ3n) is 2.78. The Kier molecular flexibility index (Phi) is 7.93. The van der Waals surface area contributed by atoms with E-state index in [-0.39, 0.29) is 13.2 Å². The summed E-state index contributed by atoms with van der Waals surface area (Å²) < 4.78 is 15.6. The molecule has 0 atom stereocenters. The highest BCUT2D eigenvalue weighted by Crippen LogP contribution is 2.17. The molecule has 1 amide bonds. The summed E-state index contributed by atoms with van der Waals surface area (Å²) >= 11 is 0. The van der Waals surface area contributed by atoms with Gasteiger partial charge in [0.1, 0.15) is 24.9 Å². The Bertz CT molecular complexity index is 449. The molecule has 0 saturated heterocycles. The second-order valence-electron chi connectivity index (χ2n) is 9.04. The van der Waals surface area contributed by atoms with Gasteiger partial charge in [-0.05, 0) is 62.3 Å². The molecule has 0 heterocycles. The predicted molar refractivity (Wildman–Crippen MR) is 94.0 cm³/mol. The molecule has 146 valence electrons. The fraction of sp³-hybridized carbons (Fsp3) is 0.833. The summed E-state index contributed by atoms with van der Waals surface area (Å²) in [5.74, 6) is -0.823.